The van der Waals surface area contributed by atoms with Crippen LogP contribution in [0.25, 0.3) is 10.9 Å². The third-order valence-electron chi connectivity index (χ3n) is 5.62. The number of ether oxygens (including phenoxy) is 1. The fraction of sp³-hybridized carbons (Fsp3) is 0.550. The van der Waals surface area contributed by atoms with E-state index in [4.69, 9.17) is 4.74 Å². The second-order valence-corrected chi connectivity index (χ2v) is 7.52. The Bertz CT molecular complexity index is 758. The number of carbonyl (C=O) groups excluding carboxylic acids is 1. The van der Waals surface area contributed by atoms with E-state index >= 15 is 0 Å². The number of nitrogens with zero attached hydrogens (tertiary/aromatic N) is 2. The summed E-state index contributed by atoms with van der Waals surface area (Å²) in [7, 11) is 2.02. The number of hydrogen-bond acceptors (Lipinski definition) is 2. The van der Waals surface area contributed by atoms with Gasteiger partial charge in [-0.3, -0.25) is 4.79 Å². The van der Waals surface area contributed by atoms with Gasteiger partial charge in [0.25, 0.3) is 5.91 Å². The molecule has 2 fully saturated rings. The highest BCUT2D eigenvalue weighted by atomic mass is 16.5. The molecule has 4 nitrogen and oxygen atoms in total. The molecule has 1 saturated carbocycles. The van der Waals surface area contributed by atoms with E-state index in [1.54, 1.807) is 0 Å². The van der Waals surface area contributed by atoms with Gasteiger partial charge >= 0.3 is 0 Å². The average molecular weight is 326 g/mol. The predicted molar refractivity (Wildman–Crippen MR) is 95.2 cm³/mol. The van der Waals surface area contributed by atoms with Crippen LogP contribution in [0.2, 0.25) is 0 Å². The van der Waals surface area contributed by atoms with E-state index in [1.807, 2.05) is 36.3 Å². The fourth-order valence-corrected chi connectivity index (χ4v) is 4.51. The maximum absolute atomic E-state index is 13.3. The van der Waals surface area contributed by atoms with Gasteiger partial charge in [0, 0.05) is 36.3 Å². The Balaban J connectivity index is 1.65. The minimum Gasteiger partial charge on any atom is -0.368 e. The number of rotatable bonds is 1. The number of morpholine rings is 1. The van der Waals surface area contributed by atoms with E-state index in [1.165, 1.54) is 19.3 Å². The lowest BCUT2D eigenvalue weighted by molar-refractivity contribution is -0.154. The van der Waals surface area contributed by atoms with Gasteiger partial charge in [-0.2, -0.15) is 0 Å². The van der Waals surface area contributed by atoms with Crippen molar-refractivity contribution in [1.82, 2.24) is 9.47 Å². The predicted octanol–water partition coefficient (Wildman–Crippen LogP) is 3.74. The lowest BCUT2D eigenvalue weighted by atomic mass is 9.83. The van der Waals surface area contributed by atoms with Gasteiger partial charge in [-0.25, -0.2) is 0 Å². The van der Waals surface area contributed by atoms with Crippen molar-refractivity contribution in [2.24, 2.45) is 7.05 Å². The zero-order valence-corrected chi connectivity index (χ0v) is 14.6. The Morgan fingerprint density at radius 2 is 2.00 bits per heavy atom. The minimum atomic E-state index is -0.115. The molecule has 128 valence electrons. The van der Waals surface area contributed by atoms with Crippen molar-refractivity contribution in [1.29, 1.82) is 0 Å². The monoisotopic (exact) mass is 326 g/mol. The fourth-order valence-electron chi connectivity index (χ4n) is 4.51. The van der Waals surface area contributed by atoms with E-state index in [0.717, 1.165) is 35.9 Å². The second-order valence-electron chi connectivity index (χ2n) is 7.52. The van der Waals surface area contributed by atoms with Crippen LogP contribution < -0.4 is 0 Å². The van der Waals surface area contributed by atoms with E-state index in [-0.39, 0.29) is 17.6 Å². The number of amides is 1. The van der Waals surface area contributed by atoms with Crippen LogP contribution >= 0.6 is 0 Å². The van der Waals surface area contributed by atoms with Gasteiger partial charge in [-0.1, -0.05) is 25.3 Å². The largest absolute Gasteiger partial charge is 0.368 e. The molecular weight excluding hydrogens is 300 g/mol. The summed E-state index contributed by atoms with van der Waals surface area (Å²) < 4.78 is 8.39. The molecule has 1 aliphatic carbocycles. The van der Waals surface area contributed by atoms with Crippen molar-refractivity contribution in [3.63, 3.8) is 0 Å². The van der Waals surface area contributed by atoms with E-state index < -0.39 is 0 Å². The normalized spacial score (nSPS) is 23.8. The van der Waals surface area contributed by atoms with Crippen molar-refractivity contribution in [2.45, 2.75) is 50.7 Å². The molecule has 1 aromatic heterocycles. The molecule has 1 unspecified atom stereocenters. The molecule has 24 heavy (non-hydrogen) atoms. The topological polar surface area (TPSA) is 34.5 Å². The Morgan fingerprint density at radius 1 is 1.21 bits per heavy atom. The summed E-state index contributed by atoms with van der Waals surface area (Å²) in [6.45, 7) is 3.52. The SMILES string of the molecule is CC1CN(C(=O)c2cccc3c2ccn3C)CC2(CCCCC2)O1. The molecule has 1 spiro atoms. The Labute approximate surface area is 143 Å². The maximum Gasteiger partial charge on any atom is 0.254 e. The summed E-state index contributed by atoms with van der Waals surface area (Å²) in [5.74, 6) is 0.145. The highest BCUT2D eigenvalue weighted by molar-refractivity contribution is 6.06. The first kappa shape index (κ1) is 15.7. The molecular formula is C20H26N2O2. The first-order valence-electron chi connectivity index (χ1n) is 9.09. The van der Waals surface area contributed by atoms with Gasteiger partial charge in [-0.15, -0.1) is 0 Å². The van der Waals surface area contributed by atoms with Crippen molar-refractivity contribution in [3.05, 3.63) is 36.0 Å². The number of aromatic nitrogens is 1. The first-order valence-corrected chi connectivity index (χ1v) is 9.09. The van der Waals surface area contributed by atoms with Crippen LogP contribution in [0, 0.1) is 0 Å². The number of fused-ring (bicyclic) bond motifs is 1. The van der Waals surface area contributed by atoms with Crippen molar-refractivity contribution in [3.8, 4) is 0 Å². The molecule has 2 aliphatic rings. The smallest absolute Gasteiger partial charge is 0.254 e. The van der Waals surface area contributed by atoms with E-state index in [9.17, 15) is 4.79 Å². The first-order chi connectivity index (χ1) is 11.6. The van der Waals surface area contributed by atoms with Crippen molar-refractivity contribution < 1.29 is 9.53 Å². The molecule has 1 saturated heterocycles. The summed E-state index contributed by atoms with van der Waals surface area (Å²) in [5.41, 5.74) is 1.80. The van der Waals surface area contributed by atoms with Crippen LogP contribution in [-0.2, 0) is 11.8 Å². The lowest BCUT2D eigenvalue weighted by Crippen LogP contribution is -2.57. The Hall–Kier alpha value is -1.81. The molecule has 0 N–H and O–H groups in total. The molecule has 4 rings (SSSR count). The molecule has 0 radical (unpaired) electrons. The van der Waals surface area contributed by atoms with E-state index in [2.05, 4.69) is 17.6 Å². The third kappa shape index (κ3) is 2.63. The molecule has 1 atom stereocenters. The third-order valence-corrected chi connectivity index (χ3v) is 5.62. The molecule has 2 heterocycles. The number of carbonyl (C=O) groups is 1. The van der Waals surface area contributed by atoms with Crippen LogP contribution in [0.5, 0.6) is 0 Å². The average Bonchev–Trinajstić information content (AvgIpc) is 2.95. The highest BCUT2D eigenvalue weighted by Gasteiger charge is 2.42. The van der Waals surface area contributed by atoms with Gasteiger partial charge in [0.15, 0.2) is 0 Å². The summed E-state index contributed by atoms with van der Waals surface area (Å²) >= 11 is 0. The van der Waals surface area contributed by atoms with Crippen LogP contribution in [0.15, 0.2) is 30.5 Å². The summed E-state index contributed by atoms with van der Waals surface area (Å²) in [4.78, 5) is 15.3. The van der Waals surface area contributed by atoms with Crippen LogP contribution in [-0.4, -0.2) is 40.2 Å². The summed E-state index contributed by atoms with van der Waals surface area (Å²) in [6, 6.07) is 8.05. The number of aryl methyl sites for hydroxylation is 1. The van der Waals surface area contributed by atoms with Gasteiger partial charge < -0.3 is 14.2 Å². The van der Waals surface area contributed by atoms with Gasteiger partial charge in [-0.05, 0) is 38.0 Å². The van der Waals surface area contributed by atoms with Crippen LogP contribution in [0.4, 0.5) is 0 Å². The standard InChI is InChI=1S/C20H26N2O2/c1-15-13-22(14-20(24-15)10-4-3-5-11-20)19(23)17-7-6-8-18-16(17)9-12-21(18)2/h6-9,12,15H,3-5,10-11,13-14H2,1-2H3. The van der Waals surface area contributed by atoms with E-state index in [0.29, 0.717) is 6.54 Å². The van der Waals surface area contributed by atoms with Crippen molar-refractivity contribution in [2.75, 3.05) is 13.1 Å². The molecule has 4 heteroatoms. The lowest BCUT2D eigenvalue weighted by Gasteiger charge is -2.47. The molecule has 1 amide bonds. The van der Waals surface area contributed by atoms with Crippen LogP contribution in [0.1, 0.15) is 49.4 Å². The molecule has 1 aromatic carbocycles. The molecule has 0 bridgehead atoms. The summed E-state index contributed by atoms with van der Waals surface area (Å²) in [6.07, 6.45) is 8.00. The Kier molecular flexibility index (Phi) is 3.87. The number of benzene rings is 1. The zero-order chi connectivity index (χ0) is 16.7. The van der Waals surface area contributed by atoms with Crippen LogP contribution in [0.3, 0.4) is 0 Å². The summed E-state index contributed by atoms with van der Waals surface area (Å²) in [5, 5.41) is 1.04. The highest BCUT2D eigenvalue weighted by Crippen LogP contribution is 2.36. The van der Waals surface area contributed by atoms with Gasteiger partial charge in [0.1, 0.15) is 0 Å². The van der Waals surface area contributed by atoms with Crippen molar-refractivity contribution >= 4 is 16.8 Å². The maximum atomic E-state index is 13.3. The second kappa shape index (κ2) is 5.92. The zero-order valence-electron chi connectivity index (χ0n) is 14.6. The minimum absolute atomic E-state index is 0.107. The molecule has 1 aliphatic heterocycles. The van der Waals surface area contributed by atoms with Gasteiger partial charge in [0.2, 0.25) is 0 Å². The molecule has 2 aromatic rings. The van der Waals surface area contributed by atoms with Gasteiger partial charge in [0.05, 0.1) is 18.2 Å². The quantitative estimate of drug-likeness (QED) is 0.800. The number of hydrogen-bond donors (Lipinski definition) is 0. The Morgan fingerprint density at radius 3 is 2.79 bits per heavy atom.